The van der Waals surface area contributed by atoms with Gasteiger partial charge in [-0.3, -0.25) is 9.69 Å². The average Bonchev–Trinajstić information content (AvgIpc) is 3.01. The van der Waals surface area contributed by atoms with Crippen molar-refractivity contribution >= 4 is 5.91 Å². The number of hydrogen-bond acceptors (Lipinski definition) is 3. The third-order valence-electron chi connectivity index (χ3n) is 4.23. The fourth-order valence-corrected chi connectivity index (χ4v) is 2.85. The quantitative estimate of drug-likeness (QED) is 0.915. The first-order valence-electron chi connectivity index (χ1n) is 8.00. The molecule has 5 heteroatoms. The Morgan fingerprint density at radius 2 is 1.87 bits per heavy atom. The van der Waals surface area contributed by atoms with Gasteiger partial charge in [0.2, 0.25) is 0 Å². The minimum Gasteiger partial charge on any atom is -0.379 e. The molecule has 2 heterocycles. The van der Waals surface area contributed by atoms with Gasteiger partial charge in [-0.1, -0.05) is 24.3 Å². The predicted octanol–water partition coefficient (Wildman–Crippen LogP) is 1.79. The van der Waals surface area contributed by atoms with Crippen molar-refractivity contribution in [1.29, 1.82) is 0 Å². The Morgan fingerprint density at radius 3 is 2.57 bits per heavy atom. The predicted molar refractivity (Wildman–Crippen MR) is 89.1 cm³/mol. The first kappa shape index (κ1) is 15.8. The zero-order chi connectivity index (χ0) is 16.1. The second-order valence-electron chi connectivity index (χ2n) is 5.84. The third-order valence-corrected chi connectivity index (χ3v) is 4.23. The van der Waals surface area contributed by atoms with Crippen LogP contribution >= 0.6 is 0 Å². The smallest absolute Gasteiger partial charge is 0.268 e. The monoisotopic (exact) mass is 313 g/mol. The van der Waals surface area contributed by atoms with Crippen LogP contribution in [0.15, 0.2) is 42.6 Å². The van der Waals surface area contributed by atoms with Gasteiger partial charge in [-0.05, 0) is 23.3 Å². The summed E-state index contributed by atoms with van der Waals surface area (Å²) in [5.41, 5.74) is 3.11. The molecule has 1 fully saturated rings. The molecule has 122 valence electrons. The number of nitrogens with zero attached hydrogens (tertiary/aromatic N) is 2. The molecule has 2 aromatic rings. The molecule has 1 aliphatic rings. The maximum absolute atomic E-state index is 12.2. The number of benzene rings is 1. The van der Waals surface area contributed by atoms with Crippen LogP contribution in [0, 0.1) is 0 Å². The molecule has 1 aromatic heterocycles. The van der Waals surface area contributed by atoms with E-state index >= 15 is 0 Å². The first-order chi connectivity index (χ1) is 11.2. The minimum absolute atomic E-state index is 0.0429. The van der Waals surface area contributed by atoms with Crippen molar-refractivity contribution in [2.75, 3.05) is 26.3 Å². The van der Waals surface area contributed by atoms with Crippen LogP contribution in [0.25, 0.3) is 0 Å². The largest absolute Gasteiger partial charge is 0.379 e. The number of carbonyl (C=O) groups is 1. The van der Waals surface area contributed by atoms with Crippen molar-refractivity contribution < 1.29 is 9.53 Å². The number of rotatable bonds is 5. The highest BCUT2D eigenvalue weighted by Gasteiger charge is 2.13. The van der Waals surface area contributed by atoms with Gasteiger partial charge < -0.3 is 14.6 Å². The lowest BCUT2D eigenvalue weighted by Crippen LogP contribution is -2.36. The van der Waals surface area contributed by atoms with E-state index in [0.29, 0.717) is 12.2 Å². The van der Waals surface area contributed by atoms with E-state index in [1.54, 1.807) is 0 Å². The molecule has 5 nitrogen and oxygen atoms in total. The van der Waals surface area contributed by atoms with E-state index in [-0.39, 0.29) is 5.91 Å². The second kappa shape index (κ2) is 7.44. The summed E-state index contributed by atoms with van der Waals surface area (Å²) in [6.07, 6.45) is 1.88. The van der Waals surface area contributed by atoms with Gasteiger partial charge in [0.15, 0.2) is 0 Å². The third kappa shape index (κ3) is 4.00. The van der Waals surface area contributed by atoms with Crippen LogP contribution in [-0.4, -0.2) is 41.7 Å². The molecule has 0 aliphatic carbocycles. The van der Waals surface area contributed by atoms with Crippen molar-refractivity contribution in [3.63, 3.8) is 0 Å². The molecule has 0 atom stereocenters. The highest BCUT2D eigenvalue weighted by atomic mass is 16.5. The number of aromatic nitrogens is 1. The van der Waals surface area contributed by atoms with Gasteiger partial charge in [-0.2, -0.15) is 0 Å². The maximum Gasteiger partial charge on any atom is 0.268 e. The lowest BCUT2D eigenvalue weighted by atomic mass is 10.1. The summed E-state index contributed by atoms with van der Waals surface area (Å²) in [4.78, 5) is 14.6. The molecular weight excluding hydrogens is 290 g/mol. The molecule has 0 spiro atoms. The summed E-state index contributed by atoms with van der Waals surface area (Å²) in [5, 5.41) is 3.02. The van der Waals surface area contributed by atoms with Crippen molar-refractivity contribution in [2.45, 2.75) is 13.1 Å². The number of carbonyl (C=O) groups excluding carboxylic acids is 1. The van der Waals surface area contributed by atoms with Crippen molar-refractivity contribution in [2.24, 2.45) is 7.05 Å². The van der Waals surface area contributed by atoms with Gasteiger partial charge in [-0.15, -0.1) is 0 Å². The van der Waals surface area contributed by atoms with E-state index in [2.05, 4.69) is 28.4 Å². The van der Waals surface area contributed by atoms with E-state index in [9.17, 15) is 4.79 Å². The Balaban J connectivity index is 1.63. The van der Waals surface area contributed by atoms with Gasteiger partial charge >= 0.3 is 0 Å². The Labute approximate surface area is 136 Å². The summed E-state index contributed by atoms with van der Waals surface area (Å²) in [6.45, 7) is 4.97. The maximum atomic E-state index is 12.2. The van der Waals surface area contributed by atoms with E-state index in [4.69, 9.17) is 4.74 Å². The molecule has 0 bridgehead atoms. The Bertz CT molecular complexity index is 660. The van der Waals surface area contributed by atoms with Gasteiger partial charge in [0.1, 0.15) is 5.69 Å². The number of nitrogens with one attached hydrogen (secondary N) is 1. The highest BCUT2D eigenvalue weighted by Crippen LogP contribution is 2.13. The van der Waals surface area contributed by atoms with Crippen LogP contribution in [-0.2, 0) is 24.9 Å². The Morgan fingerprint density at radius 1 is 1.13 bits per heavy atom. The van der Waals surface area contributed by atoms with E-state index < -0.39 is 0 Å². The molecular formula is C18H23N3O2. The van der Waals surface area contributed by atoms with Crippen LogP contribution in [0.4, 0.5) is 0 Å². The summed E-state index contributed by atoms with van der Waals surface area (Å²) < 4.78 is 7.23. The molecule has 23 heavy (non-hydrogen) atoms. The SMILES string of the molecule is Cn1cccc1C(=O)NCc1ccccc1CN1CCOCC1. The molecule has 1 saturated heterocycles. The van der Waals surface area contributed by atoms with Crippen molar-refractivity contribution in [3.05, 3.63) is 59.4 Å². The summed E-state index contributed by atoms with van der Waals surface area (Å²) in [5.74, 6) is -0.0429. The molecule has 0 radical (unpaired) electrons. The fraction of sp³-hybridized carbons (Fsp3) is 0.389. The molecule has 1 N–H and O–H groups in total. The number of morpholine rings is 1. The summed E-state index contributed by atoms with van der Waals surface area (Å²) >= 11 is 0. The first-order valence-corrected chi connectivity index (χ1v) is 8.00. The van der Waals surface area contributed by atoms with Crippen LogP contribution in [0.5, 0.6) is 0 Å². The van der Waals surface area contributed by atoms with Crippen molar-refractivity contribution in [1.82, 2.24) is 14.8 Å². The molecule has 1 aliphatic heterocycles. The van der Waals surface area contributed by atoms with E-state index in [1.165, 1.54) is 11.1 Å². The molecule has 0 unspecified atom stereocenters. The number of ether oxygens (including phenoxy) is 1. The highest BCUT2D eigenvalue weighted by molar-refractivity contribution is 5.92. The van der Waals surface area contributed by atoms with Gasteiger partial charge in [0, 0.05) is 39.4 Å². The number of hydrogen-bond donors (Lipinski definition) is 1. The number of aryl methyl sites for hydroxylation is 1. The zero-order valence-corrected chi connectivity index (χ0v) is 13.5. The van der Waals surface area contributed by atoms with Crippen LogP contribution in [0.2, 0.25) is 0 Å². The fourth-order valence-electron chi connectivity index (χ4n) is 2.85. The Kier molecular flexibility index (Phi) is 5.10. The molecule has 0 saturated carbocycles. The second-order valence-corrected chi connectivity index (χ2v) is 5.84. The van der Waals surface area contributed by atoms with Gasteiger partial charge in [0.05, 0.1) is 13.2 Å². The standard InChI is InChI=1S/C18H23N3O2/c1-20-8-4-7-17(20)18(22)19-13-15-5-2-3-6-16(15)14-21-9-11-23-12-10-21/h2-8H,9-14H2,1H3,(H,19,22). The van der Waals surface area contributed by atoms with Crippen molar-refractivity contribution in [3.8, 4) is 0 Å². The Hall–Kier alpha value is -2.11. The summed E-state index contributed by atoms with van der Waals surface area (Å²) in [7, 11) is 1.88. The van der Waals surface area contributed by atoms with Crippen LogP contribution in [0.3, 0.4) is 0 Å². The van der Waals surface area contributed by atoms with Gasteiger partial charge in [0.25, 0.3) is 5.91 Å². The molecule has 1 amide bonds. The summed E-state index contributed by atoms with van der Waals surface area (Å²) in [6, 6.07) is 12.0. The molecule has 1 aromatic carbocycles. The lowest BCUT2D eigenvalue weighted by Gasteiger charge is -2.27. The topological polar surface area (TPSA) is 46.5 Å². The average molecular weight is 313 g/mol. The van der Waals surface area contributed by atoms with Crippen LogP contribution < -0.4 is 5.32 Å². The minimum atomic E-state index is -0.0429. The molecule has 3 rings (SSSR count). The normalized spacial score (nSPS) is 15.5. The zero-order valence-electron chi connectivity index (χ0n) is 13.5. The van der Waals surface area contributed by atoms with Gasteiger partial charge in [-0.25, -0.2) is 0 Å². The van der Waals surface area contributed by atoms with E-state index in [0.717, 1.165) is 32.8 Å². The van der Waals surface area contributed by atoms with E-state index in [1.807, 2.05) is 36.0 Å². The van der Waals surface area contributed by atoms with Crippen LogP contribution in [0.1, 0.15) is 21.6 Å². The number of amides is 1. The lowest BCUT2D eigenvalue weighted by molar-refractivity contribution is 0.0340.